The van der Waals surface area contributed by atoms with Crippen molar-refractivity contribution in [3.8, 4) is 0 Å². The van der Waals surface area contributed by atoms with Crippen LogP contribution in [0.25, 0.3) is 0 Å². The summed E-state index contributed by atoms with van der Waals surface area (Å²) in [5.41, 5.74) is 5.32. The zero-order valence-electron chi connectivity index (χ0n) is 5.96. The molecular formula is C7H11NO2. The Labute approximate surface area is 59.8 Å². The third-order valence-electron chi connectivity index (χ3n) is 1.21. The molecule has 2 N–H and O–H groups in total. The maximum atomic E-state index is 5.32. The lowest BCUT2D eigenvalue weighted by Crippen LogP contribution is -1.92. The van der Waals surface area contributed by atoms with Crippen LogP contribution < -0.4 is 5.73 Å². The highest BCUT2D eigenvalue weighted by molar-refractivity contribution is 5.05. The standard InChI is InChI=1S/C7H11NO2/c1-9-5-7-3-2-6(4-8)10-7/h2-3H,4-5,8H2,1H3. The Morgan fingerprint density at radius 3 is 2.70 bits per heavy atom. The molecule has 56 valence electrons. The number of furan rings is 1. The van der Waals surface area contributed by atoms with Crippen LogP contribution in [0.5, 0.6) is 0 Å². The van der Waals surface area contributed by atoms with Crippen LogP contribution in [0.15, 0.2) is 16.5 Å². The van der Waals surface area contributed by atoms with Gasteiger partial charge in [0.05, 0.1) is 6.54 Å². The molecule has 0 radical (unpaired) electrons. The molecule has 3 heteroatoms. The highest BCUT2D eigenvalue weighted by Crippen LogP contribution is 2.07. The lowest BCUT2D eigenvalue weighted by Gasteiger charge is -1.91. The average molecular weight is 141 g/mol. The van der Waals surface area contributed by atoms with Gasteiger partial charge in [0.2, 0.25) is 0 Å². The molecule has 0 saturated carbocycles. The first-order valence-electron chi connectivity index (χ1n) is 3.13. The Hall–Kier alpha value is -0.800. The van der Waals surface area contributed by atoms with E-state index in [9.17, 15) is 0 Å². The van der Waals surface area contributed by atoms with Gasteiger partial charge < -0.3 is 14.9 Å². The number of ether oxygens (including phenoxy) is 1. The van der Waals surface area contributed by atoms with Crippen molar-refractivity contribution in [2.75, 3.05) is 7.11 Å². The zero-order chi connectivity index (χ0) is 7.40. The summed E-state index contributed by atoms with van der Waals surface area (Å²) >= 11 is 0. The average Bonchev–Trinajstić information content (AvgIpc) is 2.37. The predicted octanol–water partition coefficient (Wildman–Crippen LogP) is 0.885. The van der Waals surface area contributed by atoms with E-state index in [1.165, 1.54) is 0 Å². The van der Waals surface area contributed by atoms with Gasteiger partial charge in [-0.25, -0.2) is 0 Å². The summed E-state index contributed by atoms with van der Waals surface area (Å²) in [7, 11) is 1.63. The molecule has 0 atom stereocenters. The van der Waals surface area contributed by atoms with Crippen molar-refractivity contribution in [2.24, 2.45) is 5.73 Å². The van der Waals surface area contributed by atoms with E-state index in [0.29, 0.717) is 13.2 Å². The van der Waals surface area contributed by atoms with Crippen molar-refractivity contribution in [1.29, 1.82) is 0 Å². The summed E-state index contributed by atoms with van der Waals surface area (Å²) in [5, 5.41) is 0. The molecule has 0 aliphatic rings. The Bertz CT molecular complexity index is 195. The molecule has 0 aliphatic carbocycles. The van der Waals surface area contributed by atoms with Crippen LogP contribution >= 0.6 is 0 Å². The summed E-state index contributed by atoms with van der Waals surface area (Å²) in [6, 6.07) is 3.72. The molecule has 0 amide bonds. The minimum atomic E-state index is 0.448. The van der Waals surface area contributed by atoms with E-state index in [1.807, 2.05) is 12.1 Å². The first-order valence-corrected chi connectivity index (χ1v) is 3.13. The van der Waals surface area contributed by atoms with Crippen molar-refractivity contribution in [2.45, 2.75) is 13.2 Å². The second-order valence-electron chi connectivity index (χ2n) is 2.01. The summed E-state index contributed by atoms with van der Waals surface area (Å²) in [5.74, 6) is 1.62. The van der Waals surface area contributed by atoms with Gasteiger partial charge in [-0.2, -0.15) is 0 Å². The number of hydrogen-bond acceptors (Lipinski definition) is 3. The molecule has 10 heavy (non-hydrogen) atoms. The molecular weight excluding hydrogens is 130 g/mol. The molecule has 3 nitrogen and oxygen atoms in total. The van der Waals surface area contributed by atoms with E-state index >= 15 is 0 Å². The maximum Gasteiger partial charge on any atom is 0.129 e. The number of rotatable bonds is 3. The number of hydrogen-bond donors (Lipinski definition) is 1. The molecule has 0 fully saturated rings. The molecule has 1 heterocycles. The highest BCUT2D eigenvalue weighted by Gasteiger charge is 1.97. The molecule has 0 spiro atoms. The smallest absolute Gasteiger partial charge is 0.129 e. The Morgan fingerprint density at radius 1 is 1.50 bits per heavy atom. The van der Waals surface area contributed by atoms with Gasteiger partial charge in [0.1, 0.15) is 18.1 Å². The van der Waals surface area contributed by atoms with E-state index in [4.69, 9.17) is 14.9 Å². The maximum absolute atomic E-state index is 5.32. The van der Waals surface area contributed by atoms with Crippen LogP contribution in [-0.4, -0.2) is 7.11 Å². The van der Waals surface area contributed by atoms with Crippen molar-refractivity contribution >= 4 is 0 Å². The zero-order valence-corrected chi connectivity index (χ0v) is 5.96. The predicted molar refractivity (Wildman–Crippen MR) is 37.3 cm³/mol. The Balaban J connectivity index is 2.59. The molecule has 1 rings (SSSR count). The van der Waals surface area contributed by atoms with Crippen LogP contribution in [0, 0.1) is 0 Å². The van der Waals surface area contributed by atoms with Gasteiger partial charge in [-0.15, -0.1) is 0 Å². The molecule has 0 unspecified atom stereocenters. The van der Waals surface area contributed by atoms with Crippen molar-refractivity contribution in [1.82, 2.24) is 0 Å². The SMILES string of the molecule is COCc1ccc(CN)o1. The van der Waals surface area contributed by atoms with Gasteiger partial charge >= 0.3 is 0 Å². The van der Waals surface area contributed by atoms with E-state index < -0.39 is 0 Å². The third-order valence-corrected chi connectivity index (χ3v) is 1.21. The van der Waals surface area contributed by atoms with Crippen molar-refractivity contribution in [3.05, 3.63) is 23.7 Å². The van der Waals surface area contributed by atoms with Gasteiger partial charge in [0.25, 0.3) is 0 Å². The second-order valence-corrected chi connectivity index (χ2v) is 2.01. The normalized spacial score (nSPS) is 10.2. The summed E-state index contributed by atoms with van der Waals surface area (Å²) < 4.78 is 10.1. The molecule has 0 saturated heterocycles. The van der Waals surface area contributed by atoms with E-state index in [-0.39, 0.29) is 0 Å². The number of nitrogens with two attached hydrogens (primary N) is 1. The quantitative estimate of drug-likeness (QED) is 0.679. The van der Waals surface area contributed by atoms with Crippen LogP contribution in [-0.2, 0) is 17.9 Å². The molecule has 1 aromatic rings. The van der Waals surface area contributed by atoms with Crippen molar-refractivity contribution < 1.29 is 9.15 Å². The van der Waals surface area contributed by atoms with Gasteiger partial charge in [0, 0.05) is 7.11 Å². The summed E-state index contributed by atoms with van der Waals surface area (Å²) in [6.07, 6.45) is 0. The summed E-state index contributed by atoms with van der Waals surface area (Å²) in [6.45, 7) is 0.962. The fourth-order valence-corrected chi connectivity index (χ4v) is 0.752. The minimum Gasteiger partial charge on any atom is -0.462 e. The fraction of sp³-hybridized carbons (Fsp3) is 0.429. The number of methoxy groups -OCH3 is 1. The van der Waals surface area contributed by atoms with Gasteiger partial charge in [-0.1, -0.05) is 0 Å². The van der Waals surface area contributed by atoms with Crippen molar-refractivity contribution in [3.63, 3.8) is 0 Å². The Morgan fingerprint density at radius 2 is 2.20 bits per heavy atom. The fourth-order valence-electron chi connectivity index (χ4n) is 0.752. The van der Waals surface area contributed by atoms with Crippen LogP contribution in [0.2, 0.25) is 0 Å². The lowest BCUT2D eigenvalue weighted by atomic mass is 10.4. The van der Waals surface area contributed by atoms with Crippen LogP contribution in [0.1, 0.15) is 11.5 Å². The lowest BCUT2D eigenvalue weighted by molar-refractivity contribution is 0.162. The van der Waals surface area contributed by atoms with E-state index in [0.717, 1.165) is 11.5 Å². The monoisotopic (exact) mass is 141 g/mol. The first-order chi connectivity index (χ1) is 4.86. The largest absolute Gasteiger partial charge is 0.462 e. The van der Waals surface area contributed by atoms with E-state index in [2.05, 4.69) is 0 Å². The van der Waals surface area contributed by atoms with Gasteiger partial charge in [-0.05, 0) is 12.1 Å². The highest BCUT2D eigenvalue weighted by atomic mass is 16.5. The Kier molecular flexibility index (Phi) is 2.48. The molecule has 0 aliphatic heterocycles. The summed E-state index contributed by atoms with van der Waals surface area (Å²) in [4.78, 5) is 0. The minimum absolute atomic E-state index is 0.448. The van der Waals surface area contributed by atoms with Crippen LogP contribution in [0.4, 0.5) is 0 Å². The third kappa shape index (κ3) is 1.59. The molecule has 0 aromatic carbocycles. The topological polar surface area (TPSA) is 48.4 Å². The molecule has 1 aromatic heterocycles. The van der Waals surface area contributed by atoms with Gasteiger partial charge in [0.15, 0.2) is 0 Å². The molecule has 0 bridgehead atoms. The second kappa shape index (κ2) is 3.39. The van der Waals surface area contributed by atoms with Gasteiger partial charge in [-0.3, -0.25) is 0 Å². The first kappa shape index (κ1) is 7.31. The van der Waals surface area contributed by atoms with E-state index in [1.54, 1.807) is 7.11 Å². The van der Waals surface area contributed by atoms with Crippen LogP contribution in [0.3, 0.4) is 0 Å².